The number of aromatic nitrogens is 1. The number of nitrogens with zero attached hydrogens (tertiary/aromatic N) is 1. The number of aliphatic hydroxyl groups excluding tert-OH is 1. The van der Waals surface area contributed by atoms with Gasteiger partial charge in [0.25, 0.3) is 0 Å². The first-order valence-corrected chi connectivity index (χ1v) is 7.29. The highest BCUT2D eigenvalue weighted by molar-refractivity contribution is 7.92. The molecule has 0 spiro atoms. The molecule has 0 aliphatic heterocycles. The minimum absolute atomic E-state index is 0.0811. The molecule has 0 aliphatic carbocycles. The fourth-order valence-electron chi connectivity index (χ4n) is 1.25. The van der Waals surface area contributed by atoms with Gasteiger partial charge in [-0.05, 0) is 18.6 Å². The number of aliphatic hydroxyl groups is 1. The Labute approximate surface area is 107 Å². The molecule has 0 fully saturated rings. The van der Waals surface area contributed by atoms with E-state index in [4.69, 9.17) is 5.11 Å². The SMILES string of the molecule is CCCCS(=O)(=O)Nc1cc(C#CCO)ccn1. The van der Waals surface area contributed by atoms with Crippen LogP contribution in [0.3, 0.4) is 0 Å². The number of hydrogen-bond donors (Lipinski definition) is 2. The molecule has 0 aromatic carbocycles. The average Bonchev–Trinajstić information content (AvgIpc) is 2.34. The highest BCUT2D eigenvalue weighted by Crippen LogP contribution is 2.09. The Balaban J connectivity index is 2.79. The zero-order valence-corrected chi connectivity index (χ0v) is 11.0. The maximum atomic E-state index is 11.7. The maximum absolute atomic E-state index is 11.7. The topological polar surface area (TPSA) is 79.3 Å². The van der Waals surface area contributed by atoms with Crippen LogP contribution in [0.2, 0.25) is 0 Å². The van der Waals surface area contributed by atoms with E-state index in [1.54, 1.807) is 6.07 Å². The van der Waals surface area contributed by atoms with Crippen molar-refractivity contribution in [3.8, 4) is 11.8 Å². The van der Waals surface area contributed by atoms with Crippen LogP contribution in [0.5, 0.6) is 0 Å². The molecule has 0 saturated heterocycles. The van der Waals surface area contributed by atoms with Gasteiger partial charge in [-0.3, -0.25) is 4.72 Å². The number of sulfonamides is 1. The van der Waals surface area contributed by atoms with Gasteiger partial charge >= 0.3 is 0 Å². The van der Waals surface area contributed by atoms with Crippen LogP contribution in [-0.4, -0.2) is 30.9 Å². The van der Waals surface area contributed by atoms with Crippen LogP contribution in [0.25, 0.3) is 0 Å². The van der Waals surface area contributed by atoms with Crippen LogP contribution in [0.1, 0.15) is 25.3 Å². The van der Waals surface area contributed by atoms with E-state index >= 15 is 0 Å². The molecular weight excluding hydrogens is 252 g/mol. The lowest BCUT2D eigenvalue weighted by Crippen LogP contribution is -2.17. The summed E-state index contributed by atoms with van der Waals surface area (Å²) in [5.74, 6) is 5.51. The number of anilines is 1. The van der Waals surface area contributed by atoms with Gasteiger partial charge in [0.1, 0.15) is 12.4 Å². The van der Waals surface area contributed by atoms with Crippen molar-refractivity contribution in [1.29, 1.82) is 0 Å². The van der Waals surface area contributed by atoms with Gasteiger partial charge in [-0.2, -0.15) is 0 Å². The fourth-order valence-corrected chi connectivity index (χ4v) is 2.45. The van der Waals surface area contributed by atoms with E-state index in [0.717, 1.165) is 6.42 Å². The first-order chi connectivity index (χ1) is 8.57. The summed E-state index contributed by atoms with van der Waals surface area (Å²) in [5.41, 5.74) is 0.604. The van der Waals surface area contributed by atoms with Gasteiger partial charge in [0.15, 0.2) is 0 Å². The Bertz CT molecular complexity index is 544. The van der Waals surface area contributed by atoms with E-state index in [1.807, 2.05) is 6.92 Å². The van der Waals surface area contributed by atoms with Crippen LogP contribution >= 0.6 is 0 Å². The Morgan fingerprint density at radius 1 is 1.50 bits per heavy atom. The van der Waals surface area contributed by atoms with Crippen molar-refractivity contribution in [2.45, 2.75) is 19.8 Å². The third-order valence-electron chi connectivity index (χ3n) is 2.10. The predicted octanol–water partition coefficient (Wildman–Crippen LogP) is 0.967. The number of unbranched alkanes of at least 4 members (excludes halogenated alkanes) is 1. The Kier molecular flexibility index (Phi) is 5.62. The zero-order valence-electron chi connectivity index (χ0n) is 10.2. The summed E-state index contributed by atoms with van der Waals surface area (Å²) in [7, 11) is -3.34. The standard InChI is InChI=1S/C12H16N2O3S/c1-2-3-9-18(16,17)14-12-10-11(5-4-8-15)6-7-13-12/h6-7,10,15H,2-3,8-9H2,1H3,(H,13,14). The summed E-state index contributed by atoms with van der Waals surface area (Å²) < 4.78 is 25.7. The molecule has 1 rings (SSSR count). The second-order valence-electron chi connectivity index (χ2n) is 3.66. The van der Waals surface area contributed by atoms with E-state index in [2.05, 4.69) is 21.5 Å². The molecule has 0 amide bonds. The second-order valence-corrected chi connectivity index (χ2v) is 5.51. The highest BCUT2D eigenvalue weighted by atomic mass is 32.2. The van der Waals surface area contributed by atoms with E-state index in [-0.39, 0.29) is 18.2 Å². The minimum Gasteiger partial charge on any atom is -0.384 e. The van der Waals surface area contributed by atoms with Gasteiger partial charge in [0.2, 0.25) is 10.0 Å². The maximum Gasteiger partial charge on any atom is 0.233 e. The quantitative estimate of drug-likeness (QED) is 0.780. The van der Waals surface area contributed by atoms with Crippen LogP contribution in [0.4, 0.5) is 5.82 Å². The summed E-state index contributed by atoms with van der Waals surface area (Å²) in [5, 5.41) is 8.58. The van der Waals surface area contributed by atoms with Crippen molar-refractivity contribution in [1.82, 2.24) is 4.98 Å². The smallest absolute Gasteiger partial charge is 0.233 e. The first kappa shape index (κ1) is 14.5. The molecule has 0 radical (unpaired) electrons. The molecule has 0 unspecified atom stereocenters. The summed E-state index contributed by atoms with van der Waals surface area (Å²) in [6.07, 6.45) is 2.90. The van der Waals surface area contributed by atoms with Crippen LogP contribution in [0.15, 0.2) is 18.3 Å². The Morgan fingerprint density at radius 3 is 2.94 bits per heavy atom. The third kappa shape index (κ3) is 5.17. The van der Waals surface area contributed by atoms with E-state index < -0.39 is 10.0 Å². The third-order valence-corrected chi connectivity index (χ3v) is 3.44. The van der Waals surface area contributed by atoms with Gasteiger partial charge in [0, 0.05) is 11.8 Å². The van der Waals surface area contributed by atoms with Crippen LogP contribution in [0, 0.1) is 11.8 Å². The summed E-state index contributed by atoms with van der Waals surface area (Å²) >= 11 is 0. The molecule has 1 aromatic heterocycles. The van der Waals surface area contributed by atoms with Crippen molar-refractivity contribution in [2.75, 3.05) is 17.1 Å². The molecule has 0 bridgehead atoms. The molecule has 5 nitrogen and oxygen atoms in total. The molecule has 2 N–H and O–H groups in total. The van der Waals surface area contributed by atoms with E-state index in [9.17, 15) is 8.42 Å². The fraction of sp³-hybridized carbons (Fsp3) is 0.417. The predicted molar refractivity (Wildman–Crippen MR) is 70.5 cm³/mol. The average molecular weight is 268 g/mol. The summed E-state index contributed by atoms with van der Waals surface area (Å²) in [6.45, 7) is 1.69. The van der Waals surface area contributed by atoms with Gasteiger partial charge in [-0.15, -0.1) is 0 Å². The van der Waals surface area contributed by atoms with Gasteiger partial charge in [-0.1, -0.05) is 25.2 Å². The Hall–Kier alpha value is -1.58. The molecule has 0 aliphatic rings. The molecule has 6 heteroatoms. The summed E-state index contributed by atoms with van der Waals surface area (Å²) in [4.78, 5) is 3.92. The molecule has 0 atom stereocenters. The minimum atomic E-state index is -3.34. The van der Waals surface area contributed by atoms with Crippen molar-refractivity contribution >= 4 is 15.8 Å². The van der Waals surface area contributed by atoms with E-state index in [0.29, 0.717) is 12.0 Å². The Morgan fingerprint density at radius 2 is 2.28 bits per heavy atom. The zero-order chi connectivity index (χ0) is 13.4. The van der Waals surface area contributed by atoms with Gasteiger partial charge < -0.3 is 5.11 Å². The molecule has 1 heterocycles. The lowest BCUT2D eigenvalue weighted by atomic mass is 10.2. The number of pyridine rings is 1. The van der Waals surface area contributed by atoms with Crippen molar-refractivity contribution < 1.29 is 13.5 Å². The molecule has 0 saturated carbocycles. The monoisotopic (exact) mass is 268 g/mol. The first-order valence-electron chi connectivity index (χ1n) is 5.63. The second kappa shape index (κ2) is 6.99. The summed E-state index contributed by atoms with van der Waals surface area (Å²) in [6, 6.07) is 3.18. The van der Waals surface area contributed by atoms with Crippen molar-refractivity contribution in [2.24, 2.45) is 0 Å². The molecular formula is C12H16N2O3S. The lowest BCUT2D eigenvalue weighted by molar-refractivity contribution is 0.350. The number of hydrogen-bond acceptors (Lipinski definition) is 4. The largest absolute Gasteiger partial charge is 0.384 e. The van der Waals surface area contributed by atoms with Gasteiger partial charge in [0.05, 0.1) is 5.75 Å². The normalized spacial score (nSPS) is 10.6. The molecule has 18 heavy (non-hydrogen) atoms. The lowest BCUT2D eigenvalue weighted by Gasteiger charge is -2.06. The highest BCUT2D eigenvalue weighted by Gasteiger charge is 2.10. The van der Waals surface area contributed by atoms with Crippen LogP contribution < -0.4 is 4.72 Å². The van der Waals surface area contributed by atoms with Crippen molar-refractivity contribution in [3.05, 3.63) is 23.9 Å². The number of rotatable bonds is 5. The molecule has 98 valence electrons. The van der Waals surface area contributed by atoms with Crippen LogP contribution in [-0.2, 0) is 10.0 Å². The molecule has 1 aromatic rings. The number of nitrogens with one attached hydrogen (secondary N) is 1. The van der Waals surface area contributed by atoms with E-state index in [1.165, 1.54) is 12.3 Å². The van der Waals surface area contributed by atoms with Gasteiger partial charge in [-0.25, -0.2) is 13.4 Å². The van der Waals surface area contributed by atoms with Crippen molar-refractivity contribution in [3.63, 3.8) is 0 Å².